The number of imidazole rings is 1. The maximum atomic E-state index is 12.7. The Labute approximate surface area is 173 Å². The van der Waals surface area contributed by atoms with Gasteiger partial charge < -0.3 is 10.1 Å². The van der Waals surface area contributed by atoms with Crippen molar-refractivity contribution in [1.29, 1.82) is 0 Å². The Balaban J connectivity index is 1.57. The molecule has 8 heteroatoms. The quantitative estimate of drug-likeness (QED) is 0.436. The van der Waals surface area contributed by atoms with Crippen LogP contribution in [0.25, 0.3) is 22.4 Å². The summed E-state index contributed by atoms with van der Waals surface area (Å²) in [4.78, 5) is 18.8. The number of benzene rings is 3. The smallest absolute Gasteiger partial charge is 0.335 e. The molecule has 4 aromatic rings. The molecule has 1 aromatic heterocycles. The van der Waals surface area contributed by atoms with Crippen LogP contribution >= 0.6 is 0 Å². The molecule has 1 unspecified atom stereocenters. The van der Waals surface area contributed by atoms with Crippen LogP contribution in [0, 0.1) is 0 Å². The zero-order chi connectivity index (χ0) is 21.3. The van der Waals surface area contributed by atoms with Crippen LogP contribution in [0.4, 0.5) is 0 Å². The van der Waals surface area contributed by atoms with E-state index in [1.54, 1.807) is 25.1 Å². The van der Waals surface area contributed by atoms with Gasteiger partial charge in [0.15, 0.2) is 0 Å². The largest absolute Gasteiger partial charge is 0.478 e. The number of carboxylic acids is 1. The molecule has 3 aromatic carbocycles. The van der Waals surface area contributed by atoms with E-state index in [0.29, 0.717) is 22.4 Å². The summed E-state index contributed by atoms with van der Waals surface area (Å²) in [6.07, 6.45) is 0. The predicted molar refractivity (Wildman–Crippen MR) is 114 cm³/mol. The first-order valence-corrected chi connectivity index (χ1v) is 10.7. The van der Waals surface area contributed by atoms with Crippen molar-refractivity contribution in [2.75, 3.05) is 0 Å². The normalized spacial score (nSPS) is 12.7. The minimum atomic E-state index is -3.69. The van der Waals surface area contributed by atoms with E-state index in [-0.39, 0.29) is 16.5 Å². The first kappa shape index (κ1) is 19.8. The number of rotatable bonds is 6. The highest BCUT2D eigenvalue weighted by Gasteiger charge is 2.18. The van der Waals surface area contributed by atoms with E-state index in [9.17, 15) is 13.2 Å². The fraction of sp³-hybridized carbons (Fsp3) is 0.0909. The van der Waals surface area contributed by atoms with Crippen LogP contribution in [0.2, 0.25) is 0 Å². The number of aromatic nitrogens is 2. The molecule has 1 heterocycles. The molecule has 0 saturated carbocycles. The summed E-state index contributed by atoms with van der Waals surface area (Å²) < 4.78 is 28.1. The summed E-state index contributed by atoms with van der Waals surface area (Å²) in [6.45, 7) is 1.79. The molecule has 0 radical (unpaired) electrons. The van der Waals surface area contributed by atoms with E-state index in [4.69, 9.17) is 5.11 Å². The van der Waals surface area contributed by atoms with Crippen LogP contribution in [-0.2, 0) is 10.0 Å². The van der Waals surface area contributed by atoms with E-state index in [2.05, 4.69) is 14.7 Å². The molecule has 4 rings (SSSR count). The molecule has 0 spiro atoms. The van der Waals surface area contributed by atoms with Gasteiger partial charge >= 0.3 is 5.97 Å². The zero-order valence-electron chi connectivity index (χ0n) is 16.0. The molecule has 0 fully saturated rings. The summed E-state index contributed by atoms with van der Waals surface area (Å²) in [5, 5.41) is 9.11. The monoisotopic (exact) mass is 421 g/mol. The number of hydrogen-bond acceptors (Lipinski definition) is 4. The number of nitrogens with zero attached hydrogens (tertiary/aromatic N) is 1. The lowest BCUT2D eigenvalue weighted by atomic mass is 10.1. The van der Waals surface area contributed by atoms with Gasteiger partial charge in [0.2, 0.25) is 10.0 Å². The summed E-state index contributed by atoms with van der Waals surface area (Å²) in [6, 6.07) is 20.0. The van der Waals surface area contributed by atoms with Crippen molar-refractivity contribution in [1.82, 2.24) is 14.7 Å². The lowest BCUT2D eigenvalue weighted by Gasteiger charge is -2.14. The Morgan fingerprint density at radius 1 is 1.03 bits per heavy atom. The maximum Gasteiger partial charge on any atom is 0.335 e. The number of aromatic amines is 1. The number of sulfonamides is 1. The van der Waals surface area contributed by atoms with E-state index >= 15 is 0 Å². The van der Waals surface area contributed by atoms with Gasteiger partial charge in [0.1, 0.15) is 5.82 Å². The SMILES string of the molecule is CC(NS(=O)(=O)c1ccc(-c2nc3ccc(C(=O)O)cc3[nH]2)cc1)c1ccccc1. The Bertz CT molecular complexity index is 1310. The van der Waals surface area contributed by atoms with Crippen LogP contribution < -0.4 is 4.72 Å². The summed E-state index contributed by atoms with van der Waals surface area (Å²) in [5.41, 5.74) is 2.96. The van der Waals surface area contributed by atoms with Gasteiger partial charge in [0, 0.05) is 11.6 Å². The fourth-order valence-corrected chi connectivity index (χ4v) is 4.41. The Hall–Kier alpha value is -3.49. The topological polar surface area (TPSA) is 112 Å². The standard InChI is InChI=1S/C22H19N3O4S/c1-14(15-5-3-2-4-6-15)25-30(28,29)18-10-7-16(8-11-18)21-23-19-12-9-17(22(26)27)13-20(19)24-21/h2-14,25H,1H3,(H,23,24)(H,26,27). The van der Waals surface area contributed by atoms with Crippen molar-refractivity contribution in [3.8, 4) is 11.4 Å². The number of fused-ring (bicyclic) bond motifs is 1. The van der Waals surface area contributed by atoms with Gasteiger partial charge in [-0.05, 0) is 55.0 Å². The Kier molecular flexibility index (Phi) is 5.11. The molecule has 30 heavy (non-hydrogen) atoms. The number of carboxylic acid groups (broad SMARTS) is 1. The van der Waals surface area contributed by atoms with Gasteiger partial charge in [-0.3, -0.25) is 0 Å². The third-order valence-corrected chi connectivity index (χ3v) is 6.36. The lowest BCUT2D eigenvalue weighted by molar-refractivity contribution is 0.0697. The van der Waals surface area contributed by atoms with Crippen molar-refractivity contribution >= 4 is 27.0 Å². The highest BCUT2D eigenvalue weighted by atomic mass is 32.2. The van der Waals surface area contributed by atoms with Gasteiger partial charge in [-0.2, -0.15) is 0 Å². The number of H-pyrrole nitrogens is 1. The van der Waals surface area contributed by atoms with Crippen molar-refractivity contribution in [2.24, 2.45) is 0 Å². The molecular formula is C22H19N3O4S. The molecule has 0 aliphatic rings. The maximum absolute atomic E-state index is 12.7. The lowest BCUT2D eigenvalue weighted by Crippen LogP contribution is -2.26. The van der Waals surface area contributed by atoms with Gasteiger partial charge in [0.25, 0.3) is 0 Å². The minimum Gasteiger partial charge on any atom is -0.478 e. The number of nitrogens with one attached hydrogen (secondary N) is 2. The Morgan fingerprint density at radius 2 is 1.73 bits per heavy atom. The molecule has 0 aliphatic carbocycles. The van der Waals surface area contributed by atoms with Crippen LogP contribution in [0.1, 0.15) is 28.9 Å². The van der Waals surface area contributed by atoms with Crippen molar-refractivity contribution < 1.29 is 18.3 Å². The predicted octanol–water partition coefficient (Wildman–Crippen LogP) is 3.97. The molecular weight excluding hydrogens is 402 g/mol. The van der Waals surface area contributed by atoms with Gasteiger partial charge in [0.05, 0.1) is 21.5 Å². The van der Waals surface area contributed by atoms with E-state index in [1.165, 1.54) is 24.3 Å². The third kappa shape index (κ3) is 3.96. The number of carbonyl (C=O) groups is 1. The highest BCUT2D eigenvalue weighted by Crippen LogP contribution is 2.24. The Morgan fingerprint density at radius 3 is 2.40 bits per heavy atom. The molecule has 3 N–H and O–H groups in total. The second-order valence-corrected chi connectivity index (χ2v) is 8.61. The second kappa shape index (κ2) is 7.74. The number of aromatic carboxylic acids is 1. The first-order valence-electron chi connectivity index (χ1n) is 9.24. The zero-order valence-corrected chi connectivity index (χ0v) is 16.8. The molecule has 0 amide bonds. The van der Waals surface area contributed by atoms with E-state index in [0.717, 1.165) is 5.56 Å². The van der Waals surface area contributed by atoms with Crippen LogP contribution in [-0.4, -0.2) is 29.5 Å². The molecule has 0 aliphatic heterocycles. The van der Waals surface area contributed by atoms with Crippen LogP contribution in [0.15, 0.2) is 77.7 Å². The van der Waals surface area contributed by atoms with Crippen molar-refractivity contribution in [3.05, 3.63) is 83.9 Å². The van der Waals surface area contributed by atoms with E-state index < -0.39 is 16.0 Å². The summed E-state index contributed by atoms with van der Waals surface area (Å²) in [5.74, 6) is -0.484. The fourth-order valence-electron chi connectivity index (χ4n) is 3.18. The molecule has 0 saturated heterocycles. The molecule has 1 atom stereocenters. The van der Waals surface area contributed by atoms with Crippen LogP contribution in [0.5, 0.6) is 0 Å². The second-order valence-electron chi connectivity index (χ2n) is 6.90. The molecule has 7 nitrogen and oxygen atoms in total. The summed E-state index contributed by atoms with van der Waals surface area (Å²) in [7, 11) is -3.69. The average molecular weight is 421 g/mol. The third-order valence-electron chi connectivity index (χ3n) is 4.80. The van der Waals surface area contributed by atoms with Crippen molar-refractivity contribution in [3.63, 3.8) is 0 Å². The van der Waals surface area contributed by atoms with Gasteiger partial charge in [-0.25, -0.2) is 22.9 Å². The van der Waals surface area contributed by atoms with Crippen LogP contribution in [0.3, 0.4) is 0 Å². The molecule has 152 valence electrons. The number of hydrogen-bond donors (Lipinski definition) is 3. The summed E-state index contributed by atoms with van der Waals surface area (Å²) >= 11 is 0. The van der Waals surface area contributed by atoms with Gasteiger partial charge in [-0.15, -0.1) is 0 Å². The molecule has 0 bridgehead atoms. The van der Waals surface area contributed by atoms with Gasteiger partial charge in [-0.1, -0.05) is 30.3 Å². The minimum absolute atomic E-state index is 0.151. The van der Waals surface area contributed by atoms with Crippen molar-refractivity contribution in [2.45, 2.75) is 17.9 Å². The first-order chi connectivity index (χ1) is 14.3. The highest BCUT2D eigenvalue weighted by molar-refractivity contribution is 7.89. The van der Waals surface area contributed by atoms with E-state index in [1.807, 2.05) is 30.3 Å². The average Bonchev–Trinajstić information content (AvgIpc) is 3.17.